The van der Waals surface area contributed by atoms with Crippen molar-refractivity contribution in [2.24, 2.45) is 0 Å². The highest BCUT2D eigenvalue weighted by molar-refractivity contribution is 6.52. The van der Waals surface area contributed by atoms with Gasteiger partial charge in [0.2, 0.25) is 0 Å². The molecule has 2 heterocycles. The molecular formula is C18H18BN5O. The smallest absolute Gasteiger partial charge is 0.255 e. The van der Waals surface area contributed by atoms with Crippen molar-refractivity contribution >= 4 is 35.7 Å². The lowest BCUT2D eigenvalue weighted by Gasteiger charge is -2.18. The number of benzene rings is 1. The maximum atomic E-state index is 12.5. The van der Waals surface area contributed by atoms with E-state index in [1.807, 2.05) is 36.2 Å². The van der Waals surface area contributed by atoms with Crippen molar-refractivity contribution < 1.29 is 4.79 Å². The molecule has 0 aliphatic heterocycles. The fourth-order valence-electron chi connectivity index (χ4n) is 2.43. The van der Waals surface area contributed by atoms with Crippen LogP contribution in [0.2, 0.25) is 6.82 Å². The molecule has 1 amide bonds. The van der Waals surface area contributed by atoms with Gasteiger partial charge in [-0.05, 0) is 12.1 Å². The second kappa shape index (κ2) is 7.57. The summed E-state index contributed by atoms with van der Waals surface area (Å²) in [5.41, 5.74) is 4.06. The van der Waals surface area contributed by atoms with Crippen LogP contribution in [0, 0.1) is 0 Å². The summed E-state index contributed by atoms with van der Waals surface area (Å²) >= 11 is 0. The summed E-state index contributed by atoms with van der Waals surface area (Å²) in [5, 5.41) is 2.90. The molecule has 0 aliphatic carbocycles. The van der Waals surface area contributed by atoms with Crippen LogP contribution in [-0.2, 0) is 0 Å². The lowest BCUT2D eigenvalue weighted by atomic mass is 9.73. The number of hydrogen-bond donors (Lipinski definition) is 1. The van der Waals surface area contributed by atoms with Gasteiger partial charge in [0.15, 0.2) is 7.28 Å². The summed E-state index contributed by atoms with van der Waals surface area (Å²) in [6.45, 7) is 2.06. The molecule has 0 fully saturated rings. The van der Waals surface area contributed by atoms with E-state index in [4.69, 9.17) is 0 Å². The number of nitrogens with zero attached hydrogens (tertiary/aromatic N) is 4. The van der Waals surface area contributed by atoms with E-state index in [0.717, 1.165) is 24.1 Å². The Balaban J connectivity index is 1.78. The molecule has 3 aromatic rings. The maximum absolute atomic E-state index is 12.5. The Morgan fingerprint density at radius 3 is 2.56 bits per heavy atom. The van der Waals surface area contributed by atoms with Crippen LogP contribution >= 0.6 is 0 Å². The molecule has 0 radical (unpaired) electrons. The van der Waals surface area contributed by atoms with E-state index in [9.17, 15) is 4.79 Å². The molecule has 0 aliphatic rings. The molecule has 0 saturated heterocycles. The number of carbonyl (C=O) groups is 1. The van der Waals surface area contributed by atoms with Crippen LogP contribution in [0.5, 0.6) is 0 Å². The number of hydrogen-bond acceptors (Lipinski definition) is 5. The number of aromatic nitrogens is 3. The summed E-state index contributed by atoms with van der Waals surface area (Å²) in [5.74, 6) is -0.153. The van der Waals surface area contributed by atoms with Crippen molar-refractivity contribution in [3.63, 3.8) is 0 Å². The summed E-state index contributed by atoms with van der Waals surface area (Å²) < 4.78 is 0. The first-order chi connectivity index (χ1) is 12.2. The van der Waals surface area contributed by atoms with E-state index in [1.54, 1.807) is 30.9 Å². The summed E-state index contributed by atoms with van der Waals surface area (Å²) in [6, 6.07) is 9.47. The van der Waals surface area contributed by atoms with Crippen LogP contribution in [0.4, 0.5) is 17.1 Å². The minimum Gasteiger partial charge on any atom is -0.341 e. The molecule has 1 aromatic carbocycles. The average molecular weight is 331 g/mol. The fourth-order valence-corrected chi connectivity index (χ4v) is 2.43. The zero-order valence-electron chi connectivity index (χ0n) is 14.2. The van der Waals surface area contributed by atoms with Gasteiger partial charge in [0.05, 0.1) is 41.8 Å². The van der Waals surface area contributed by atoms with Gasteiger partial charge in [-0.25, -0.2) is 9.97 Å². The van der Waals surface area contributed by atoms with Crippen LogP contribution in [0.15, 0.2) is 61.4 Å². The summed E-state index contributed by atoms with van der Waals surface area (Å²) in [4.78, 5) is 26.6. The SMILES string of the molecule is CBc1cccc(C(=O)Nc2cncc(N(C)c3cncnc3)c2)c1. The zero-order chi connectivity index (χ0) is 17.6. The maximum Gasteiger partial charge on any atom is 0.255 e. The largest absolute Gasteiger partial charge is 0.341 e. The molecule has 0 saturated carbocycles. The quantitative estimate of drug-likeness (QED) is 0.724. The van der Waals surface area contributed by atoms with Crippen molar-refractivity contribution in [1.29, 1.82) is 0 Å². The predicted molar refractivity (Wildman–Crippen MR) is 101 cm³/mol. The third-order valence-corrected chi connectivity index (χ3v) is 3.90. The van der Waals surface area contributed by atoms with Gasteiger partial charge in [0, 0.05) is 12.6 Å². The molecule has 25 heavy (non-hydrogen) atoms. The van der Waals surface area contributed by atoms with Gasteiger partial charge in [-0.3, -0.25) is 9.78 Å². The molecule has 124 valence electrons. The first-order valence-electron chi connectivity index (χ1n) is 8.01. The highest BCUT2D eigenvalue weighted by Crippen LogP contribution is 2.23. The topological polar surface area (TPSA) is 71.0 Å². The van der Waals surface area contributed by atoms with Crippen molar-refractivity contribution in [2.75, 3.05) is 17.3 Å². The van der Waals surface area contributed by atoms with E-state index >= 15 is 0 Å². The van der Waals surface area contributed by atoms with Crippen LogP contribution in [0.1, 0.15) is 10.4 Å². The first-order valence-corrected chi connectivity index (χ1v) is 8.01. The standard InChI is InChI=1S/C18H18BN5O/c1-19-14-5-3-4-13(6-14)18(25)23-15-7-16(9-20-8-15)24(2)17-10-21-12-22-11-17/h3-12,19H,1-2H3,(H,23,25). The lowest BCUT2D eigenvalue weighted by molar-refractivity contribution is 0.102. The lowest BCUT2D eigenvalue weighted by Crippen LogP contribution is -2.17. The van der Waals surface area contributed by atoms with Crippen molar-refractivity contribution in [1.82, 2.24) is 15.0 Å². The molecule has 7 heteroatoms. The highest BCUT2D eigenvalue weighted by Gasteiger charge is 2.10. The third-order valence-electron chi connectivity index (χ3n) is 3.90. The zero-order valence-corrected chi connectivity index (χ0v) is 14.2. The molecular weight excluding hydrogens is 313 g/mol. The second-order valence-corrected chi connectivity index (χ2v) is 5.60. The third kappa shape index (κ3) is 4.01. The molecule has 0 unspecified atom stereocenters. The minimum atomic E-state index is -0.153. The van der Waals surface area contributed by atoms with Gasteiger partial charge in [-0.15, -0.1) is 0 Å². The van der Waals surface area contributed by atoms with Crippen LogP contribution < -0.4 is 15.7 Å². The number of amides is 1. The fraction of sp³-hybridized carbons (Fsp3) is 0.111. The van der Waals surface area contributed by atoms with Gasteiger partial charge in [-0.1, -0.05) is 30.5 Å². The molecule has 1 N–H and O–H groups in total. The number of rotatable bonds is 5. The van der Waals surface area contributed by atoms with Gasteiger partial charge < -0.3 is 10.2 Å². The van der Waals surface area contributed by atoms with Crippen molar-refractivity contribution in [2.45, 2.75) is 6.82 Å². The molecule has 0 atom stereocenters. The summed E-state index contributed by atoms with van der Waals surface area (Å²) in [7, 11) is 2.79. The normalized spacial score (nSPS) is 10.2. The number of anilines is 3. The van der Waals surface area contributed by atoms with Crippen LogP contribution in [-0.4, -0.2) is 35.2 Å². The van der Waals surface area contributed by atoms with E-state index in [-0.39, 0.29) is 5.91 Å². The highest BCUT2D eigenvalue weighted by atomic mass is 16.1. The van der Waals surface area contributed by atoms with Crippen LogP contribution in [0.3, 0.4) is 0 Å². The Bertz CT molecular complexity index is 872. The van der Waals surface area contributed by atoms with Gasteiger partial charge >= 0.3 is 0 Å². The first kappa shape index (κ1) is 16.6. The Morgan fingerprint density at radius 1 is 1.04 bits per heavy atom. The van der Waals surface area contributed by atoms with Gasteiger partial charge in [0.25, 0.3) is 5.91 Å². The number of pyridine rings is 1. The number of carbonyl (C=O) groups excluding carboxylic acids is 1. The van der Waals surface area contributed by atoms with Crippen molar-refractivity contribution in [3.05, 3.63) is 67.0 Å². The van der Waals surface area contributed by atoms with Crippen molar-refractivity contribution in [3.8, 4) is 0 Å². The Kier molecular flexibility index (Phi) is 5.04. The van der Waals surface area contributed by atoms with Gasteiger partial charge in [-0.2, -0.15) is 0 Å². The molecule has 0 spiro atoms. The monoisotopic (exact) mass is 331 g/mol. The van der Waals surface area contributed by atoms with E-state index in [1.165, 1.54) is 6.33 Å². The number of nitrogens with one attached hydrogen (secondary N) is 1. The Labute approximate surface area is 147 Å². The minimum absolute atomic E-state index is 0.153. The molecule has 3 rings (SSSR count). The Hall–Kier alpha value is -3.22. The Morgan fingerprint density at radius 2 is 1.80 bits per heavy atom. The average Bonchev–Trinajstić information content (AvgIpc) is 2.68. The second-order valence-electron chi connectivity index (χ2n) is 5.60. The van der Waals surface area contributed by atoms with Crippen LogP contribution in [0.25, 0.3) is 0 Å². The molecule has 0 bridgehead atoms. The van der Waals surface area contributed by atoms with E-state index in [2.05, 4.69) is 27.1 Å². The van der Waals surface area contributed by atoms with E-state index in [0.29, 0.717) is 11.3 Å². The van der Waals surface area contributed by atoms with E-state index < -0.39 is 0 Å². The molecule has 6 nitrogen and oxygen atoms in total. The molecule has 2 aromatic heterocycles. The predicted octanol–water partition coefficient (Wildman–Crippen LogP) is 2.00. The summed E-state index contributed by atoms with van der Waals surface area (Å²) in [6.07, 6.45) is 8.26. The van der Waals surface area contributed by atoms with Gasteiger partial charge in [0.1, 0.15) is 6.33 Å².